The lowest BCUT2D eigenvalue weighted by Gasteiger charge is -2.43. The van der Waals surface area contributed by atoms with Crippen LogP contribution in [-0.4, -0.2) is 53.2 Å². The van der Waals surface area contributed by atoms with Crippen molar-refractivity contribution in [1.82, 2.24) is 10.2 Å². The van der Waals surface area contributed by atoms with Crippen molar-refractivity contribution < 1.29 is 27.9 Å². The second kappa shape index (κ2) is 6.21. The van der Waals surface area contributed by atoms with Crippen molar-refractivity contribution in [3.05, 3.63) is 0 Å². The molecule has 1 aliphatic carbocycles. The second-order valence-corrected chi connectivity index (χ2v) is 5.70. The maximum atomic E-state index is 12.9. The van der Waals surface area contributed by atoms with E-state index in [0.717, 1.165) is 0 Å². The fourth-order valence-corrected chi connectivity index (χ4v) is 3.31. The molecule has 2 fully saturated rings. The van der Waals surface area contributed by atoms with Gasteiger partial charge in [-0.2, -0.15) is 13.2 Å². The SMILES string of the molecule is O=C(O)CC1C(=O)NCCN1C1CCCC(C(F)(F)F)C1. The average Bonchev–Trinajstić information content (AvgIpc) is 2.40. The molecule has 0 aromatic heterocycles. The molecule has 2 aliphatic rings. The molecule has 0 radical (unpaired) electrons. The first-order valence-electron chi connectivity index (χ1n) is 7.11. The van der Waals surface area contributed by atoms with Crippen LogP contribution in [0.3, 0.4) is 0 Å². The van der Waals surface area contributed by atoms with Gasteiger partial charge >= 0.3 is 12.1 Å². The number of hydrogen-bond acceptors (Lipinski definition) is 3. The highest BCUT2D eigenvalue weighted by molar-refractivity contribution is 5.86. The van der Waals surface area contributed by atoms with Crippen LogP contribution in [0.2, 0.25) is 0 Å². The van der Waals surface area contributed by atoms with Gasteiger partial charge in [0, 0.05) is 19.1 Å². The van der Waals surface area contributed by atoms with E-state index >= 15 is 0 Å². The van der Waals surface area contributed by atoms with Gasteiger partial charge in [0.25, 0.3) is 0 Å². The number of nitrogens with one attached hydrogen (secondary N) is 1. The van der Waals surface area contributed by atoms with E-state index in [-0.39, 0.29) is 25.3 Å². The maximum Gasteiger partial charge on any atom is 0.391 e. The minimum absolute atomic E-state index is 0.0487. The van der Waals surface area contributed by atoms with E-state index in [1.807, 2.05) is 0 Å². The quantitative estimate of drug-likeness (QED) is 0.826. The molecule has 1 amide bonds. The number of piperazine rings is 1. The van der Waals surface area contributed by atoms with Crippen molar-refractivity contribution in [2.75, 3.05) is 13.1 Å². The first-order valence-corrected chi connectivity index (χ1v) is 7.11. The summed E-state index contributed by atoms with van der Waals surface area (Å²) in [7, 11) is 0. The summed E-state index contributed by atoms with van der Waals surface area (Å²) in [5.74, 6) is -2.88. The van der Waals surface area contributed by atoms with E-state index in [9.17, 15) is 22.8 Å². The van der Waals surface area contributed by atoms with Gasteiger partial charge in [-0.1, -0.05) is 6.42 Å². The first-order chi connectivity index (χ1) is 9.79. The van der Waals surface area contributed by atoms with Gasteiger partial charge in [0.1, 0.15) is 0 Å². The Morgan fingerprint density at radius 2 is 2.10 bits per heavy atom. The highest BCUT2D eigenvalue weighted by Gasteiger charge is 2.45. The molecule has 0 aromatic carbocycles. The van der Waals surface area contributed by atoms with Gasteiger partial charge < -0.3 is 10.4 Å². The van der Waals surface area contributed by atoms with Crippen LogP contribution in [0.4, 0.5) is 13.2 Å². The minimum Gasteiger partial charge on any atom is -0.481 e. The number of nitrogens with zero attached hydrogens (tertiary/aromatic N) is 1. The molecular formula is C13H19F3N2O3. The van der Waals surface area contributed by atoms with Crippen molar-refractivity contribution in [3.8, 4) is 0 Å². The van der Waals surface area contributed by atoms with Crippen molar-refractivity contribution in [2.45, 2.75) is 50.4 Å². The largest absolute Gasteiger partial charge is 0.481 e. The summed E-state index contributed by atoms with van der Waals surface area (Å²) in [6.07, 6.45) is -3.50. The number of carbonyl (C=O) groups is 2. The summed E-state index contributed by atoms with van der Waals surface area (Å²) in [6, 6.07) is -1.24. The number of carbonyl (C=O) groups excluding carboxylic acids is 1. The number of carboxylic acids is 1. The van der Waals surface area contributed by atoms with Gasteiger partial charge in [-0.25, -0.2) is 0 Å². The molecule has 5 nitrogen and oxygen atoms in total. The lowest BCUT2D eigenvalue weighted by atomic mass is 9.83. The van der Waals surface area contributed by atoms with Gasteiger partial charge in [0.15, 0.2) is 0 Å². The maximum absolute atomic E-state index is 12.9. The van der Waals surface area contributed by atoms with E-state index in [2.05, 4.69) is 5.32 Å². The monoisotopic (exact) mass is 308 g/mol. The third-order valence-electron chi connectivity index (χ3n) is 4.32. The van der Waals surface area contributed by atoms with Crippen molar-refractivity contribution >= 4 is 11.9 Å². The Balaban J connectivity index is 2.10. The van der Waals surface area contributed by atoms with E-state index < -0.39 is 30.0 Å². The lowest BCUT2D eigenvalue weighted by molar-refractivity contribution is -0.188. The predicted octanol–water partition coefficient (Wildman–Crippen LogP) is 1.38. The summed E-state index contributed by atoms with van der Waals surface area (Å²) < 4.78 is 38.6. The molecule has 1 saturated heterocycles. The molecule has 8 heteroatoms. The van der Waals surface area contributed by atoms with Gasteiger partial charge in [-0.3, -0.25) is 14.5 Å². The van der Waals surface area contributed by atoms with Gasteiger partial charge in [0.05, 0.1) is 18.4 Å². The third kappa shape index (κ3) is 3.87. The molecule has 120 valence electrons. The number of rotatable bonds is 3. The zero-order valence-electron chi connectivity index (χ0n) is 11.5. The van der Waals surface area contributed by atoms with Gasteiger partial charge in [-0.05, 0) is 19.3 Å². The van der Waals surface area contributed by atoms with E-state index in [0.29, 0.717) is 25.9 Å². The molecule has 0 bridgehead atoms. The fourth-order valence-electron chi connectivity index (χ4n) is 3.31. The minimum atomic E-state index is -4.22. The van der Waals surface area contributed by atoms with Crippen LogP contribution in [0, 0.1) is 5.92 Å². The number of halogens is 3. The zero-order valence-corrected chi connectivity index (χ0v) is 11.5. The highest BCUT2D eigenvalue weighted by Crippen LogP contribution is 2.39. The van der Waals surface area contributed by atoms with Crippen LogP contribution >= 0.6 is 0 Å². The fraction of sp³-hybridized carbons (Fsp3) is 0.846. The normalized spacial score (nSPS) is 31.8. The number of carboxylic acid groups (broad SMARTS) is 1. The smallest absolute Gasteiger partial charge is 0.391 e. The molecule has 1 saturated carbocycles. The molecular weight excluding hydrogens is 289 g/mol. The first kappa shape index (κ1) is 16.1. The van der Waals surface area contributed by atoms with Crippen LogP contribution in [-0.2, 0) is 9.59 Å². The predicted molar refractivity (Wildman–Crippen MR) is 67.6 cm³/mol. The van der Waals surface area contributed by atoms with Gasteiger partial charge in [0.2, 0.25) is 5.91 Å². The molecule has 3 unspecified atom stereocenters. The Kier molecular flexibility index (Phi) is 4.75. The third-order valence-corrected chi connectivity index (χ3v) is 4.32. The molecule has 1 aliphatic heterocycles. The molecule has 2 N–H and O–H groups in total. The van der Waals surface area contributed by atoms with Crippen molar-refractivity contribution in [1.29, 1.82) is 0 Å². The molecule has 3 atom stereocenters. The number of hydrogen-bond donors (Lipinski definition) is 2. The zero-order chi connectivity index (χ0) is 15.6. The van der Waals surface area contributed by atoms with Crippen LogP contribution in [0.25, 0.3) is 0 Å². The van der Waals surface area contributed by atoms with E-state index in [4.69, 9.17) is 5.11 Å². The number of aliphatic carboxylic acids is 1. The average molecular weight is 308 g/mol. The standard InChI is InChI=1S/C13H19F3N2O3/c14-13(15,16)8-2-1-3-9(6-8)18-5-4-17-12(21)10(18)7-11(19)20/h8-10H,1-7H2,(H,17,21)(H,19,20). The van der Waals surface area contributed by atoms with Crippen LogP contribution < -0.4 is 5.32 Å². The Hall–Kier alpha value is -1.31. The Morgan fingerprint density at radius 3 is 2.71 bits per heavy atom. The second-order valence-electron chi connectivity index (χ2n) is 5.70. The lowest BCUT2D eigenvalue weighted by Crippen LogP contribution is -2.60. The van der Waals surface area contributed by atoms with Crippen molar-refractivity contribution in [2.24, 2.45) is 5.92 Å². The van der Waals surface area contributed by atoms with Crippen LogP contribution in [0.5, 0.6) is 0 Å². The summed E-state index contributed by atoms with van der Waals surface area (Å²) in [5.41, 5.74) is 0. The summed E-state index contributed by atoms with van der Waals surface area (Å²) >= 11 is 0. The van der Waals surface area contributed by atoms with E-state index in [1.165, 1.54) is 0 Å². The molecule has 1 heterocycles. The Bertz CT molecular complexity index is 414. The van der Waals surface area contributed by atoms with Crippen LogP contribution in [0.1, 0.15) is 32.1 Å². The number of amides is 1. The van der Waals surface area contributed by atoms with E-state index in [1.54, 1.807) is 4.90 Å². The summed E-state index contributed by atoms with van der Waals surface area (Å²) in [5, 5.41) is 11.5. The van der Waals surface area contributed by atoms with Crippen LogP contribution in [0.15, 0.2) is 0 Å². The Morgan fingerprint density at radius 1 is 1.38 bits per heavy atom. The molecule has 0 spiro atoms. The number of alkyl halides is 3. The highest BCUT2D eigenvalue weighted by atomic mass is 19.4. The van der Waals surface area contributed by atoms with Crippen molar-refractivity contribution in [3.63, 3.8) is 0 Å². The molecule has 2 rings (SSSR count). The molecule has 0 aromatic rings. The van der Waals surface area contributed by atoms with Gasteiger partial charge in [-0.15, -0.1) is 0 Å². The Labute approximate surface area is 120 Å². The molecule has 21 heavy (non-hydrogen) atoms. The topological polar surface area (TPSA) is 69.6 Å². The summed E-state index contributed by atoms with van der Waals surface area (Å²) in [6.45, 7) is 0.751. The summed E-state index contributed by atoms with van der Waals surface area (Å²) in [4.78, 5) is 24.4.